The summed E-state index contributed by atoms with van der Waals surface area (Å²) in [5.41, 5.74) is 3.06. The van der Waals surface area contributed by atoms with Gasteiger partial charge in [-0.1, -0.05) is 0 Å². The van der Waals surface area contributed by atoms with E-state index in [1.54, 1.807) is 7.11 Å². The molecule has 8 heteroatoms. The number of rotatable bonds is 7. The Balaban J connectivity index is 1.64. The van der Waals surface area contributed by atoms with Crippen molar-refractivity contribution < 1.29 is 9.53 Å². The van der Waals surface area contributed by atoms with Gasteiger partial charge >= 0.3 is 0 Å². The molecule has 0 radical (unpaired) electrons. The molecule has 0 aromatic carbocycles. The maximum Gasteiger partial charge on any atom is 0.226 e. The highest BCUT2D eigenvalue weighted by Crippen LogP contribution is 2.26. The van der Waals surface area contributed by atoms with Gasteiger partial charge in [-0.25, -0.2) is 4.98 Å². The number of amides is 1. The van der Waals surface area contributed by atoms with E-state index in [-0.39, 0.29) is 11.9 Å². The van der Waals surface area contributed by atoms with E-state index in [0.29, 0.717) is 19.6 Å². The van der Waals surface area contributed by atoms with Gasteiger partial charge in [0.05, 0.1) is 36.2 Å². The van der Waals surface area contributed by atoms with Crippen LogP contribution in [0, 0.1) is 6.92 Å². The van der Waals surface area contributed by atoms with Crippen LogP contribution in [0.4, 0.5) is 0 Å². The predicted molar refractivity (Wildman–Crippen MR) is 97.6 cm³/mol. The third-order valence-corrected chi connectivity index (χ3v) is 4.84. The van der Waals surface area contributed by atoms with Crippen molar-refractivity contribution in [2.45, 2.75) is 39.4 Å². The summed E-state index contributed by atoms with van der Waals surface area (Å²) >= 11 is 0. The number of nitrogens with one attached hydrogen (secondary N) is 1. The predicted octanol–water partition coefficient (Wildman–Crippen LogP) is 0.807. The highest BCUT2D eigenvalue weighted by Gasteiger charge is 2.27. The molecule has 1 N–H and O–H groups in total. The zero-order valence-electron chi connectivity index (χ0n) is 16.0. The molecule has 3 heterocycles. The van der Waals surface area contributed by atoms with Gasteiger partial charge in [0.25, 0.3) is 0 Å². The molecule has 1 unspecified atom stereocenters. The molecule has 1 atom stereocenters. The van der Waals surface area contributed by atoms with Crippen molar-refractivity contribution in [2.75, 3.05) is 26.8 Å². The summed E-state index contributed by atoms with van der Waals surface area (Å²) in [5.74, 6) is 1.00. The summed E-state index contributed by atoms with van der Waals surface area (Å²) in [6, 6.07) is 2.33. The molecule has 0 bridgehead atoms. The van der Waals surface area contributed by atoms with E-state index in [4.69, 9.17) is 9.72 Å². The van der Waals surface area contributed by atoms with Crippen LogP contribution in [-0.4, -0.2) is 56.9 Å². The number of hydrogen-bond donors (Lipinski definition) is 1. The highest BCUT2D eigenvalue weighted by molar-refractivity contribution is 5.78. The first kappa shape index (κ1) is 18.6. The highest BCUT2D eigenvalue weighted by atomic mass is 16.5. The van der Waals surface area contributed by atoms with Crippen molar-refractivity contribution >= 4 is 5.91 Å². The second kappa shape index (κ2) is 8.01. The lowest BCUT2D eigenvalue weighted by molar-refractivity contribution is -0.120. The summed E-state index contributed by atoms with van der Waals surface area (Å²) < 4.78 is 9.06. The standard InChI is InChI=1S/C18H28N6O2/c1-13-9-16(22(3)21-13)12-23-6-7-24-11-15(20-18(24)14(23)2)10-17(25)19-5-8-26-4/h9,11,14H,5-8,10,12H2,1-4H3,(H,19,25). The molecule has 2 aromatic rings. The molecule has 0 fully saturated rings. The average Bonchev–Trinajstić information content (AvgIpc) is 3.13. The van der Waals surface area contributed by atoms with Crippen LogP contribution >= 0.6 is 0 Å². The summed E-state index contributed by atoms with van der Waals surface area (Å²) in [4.78, 5) is 19.1. The Labute approximate surface area is 154 Å². The Morgan fingerprint density at radius 2 is 2.23 bits per heavy atom. The first-order valence-electron chi connectivity index (χ1n) is 9.03. The van der Waals surface area contributed by atoms with E-state index in [9.17, 15) is 4.79 Å². The number of nitrogens with zero attached hydrogens (tertiary/aromatic N) is 5. The van der Waals surface area contributed by atoms with E-state index in [1.807, 2.05) is 24.9 Å². The van der Waals surface area contributed by atoms with Gasteiger partial charge in [-0.3, -0.25) is 14.4 Å². The van der Waals surface area contributed by atoms with Crippen molar-refractivity contribution in [2.24, 2.45) is 7.05 Å². The van der Waals surface area contributed by atoms with Gasteiger partial charge in [0.15, 0.2) is 0 Å². The number of fused-ring (bicyclic) bond motifs is 1. The van der Waals surface area contributed by atoms with E-state index >= 15 is 0 Å². The number of ether oxygens (including phenoxy) is 1. The van der Waals surface area contributed by atoms with E-state index in [1.165, 1.54) is 5.69 Å². The van der Waals surface area contributed by atoms with Crippen LogP contribution in [0.3, 0.4) is 0 Å². The second-order valence-electron chi connectivity index (χ2n) is 6.85. The Hall–Kier alpha value is -2.19. The molecular weight excluding hydrogens is 332 g/mol. The van der Waals surface area contributed by atoms with Gasteiger partial charge in [-0.2, -0.15) is 5.10 Å². The summed E-state index contributed by atoms with van der Waals surface area (Å²) in [5, 5.41) is 7.27. The lowest BCUT2D eigenvalue weighted by atomic mass is 10.2. The maximum atomic E-state index is 12.0. The molecule has 0 spiro atoms. The third-order valence-electron chi connectivity index (χ3n) is 4.84. The zero-order valence-corrected chi connectivity index (χ0v) is 16.0. The van der Waals surface area contributed by atoms with Gasteiger partial charge in [0.1, 0.15) is 5.82 Å². The molecule has 2 aromatic heterocycles. The number of aryl methyl sites for hydroxylation is 2. The normalized spacial score (nSPS) is 17.3. The van der Waals surface area contributed by atoms with Crippen molar-refractivity contribution in [1.29, 1.82) is 0 Å². The molecule has 3 rings (SSSR count). The van der Waals surface area contributed by atoms with Gasteiger partial charge in [-0.05, 0) is 19.9 Å². The maximum absolute atomic E-state index is 12.0. The van der Waals surface area contributed by atoms with Crippen molar-refractivity contribution in [3.8, 4) is 0 Å². The van der Waals surface area contributed by atoms with Crippen LogP contribution in [0.15, 0.2) is 12.3 Å². The Bertz CT molecular complexity index is 766. The van der Waals surface area contributed by atoms with Crippen molar-refractivity contribution in [3.05, 3.63) is 35.2 Å². The van der Waals surface area contributed by atoms with Crippen LogP contribution in [0.25, 0.3) is 0 Å². The molecule has 0 aliphatic carbocycles. The number of carbonyl (C=O) groups is 1. The Kier molecular flexibility index (Phi) is 5.73. The number of imidazole rings is 1. The van der Waals surface area contributed by atoms with Gasteiger partial charge in [0, 0.05) is 46.5 Å². The summed E-state index contributed by atoms with van der Waals surface area (Å²) in [6.07, 6.45) is 2.31. The van der Waals surface area contributed by atoms with Gasteiger partial charge in [0.2, 0.25) is 5.91 Å². The van der Waals surface area contributed by atoms with Crippen molar-refractivity contribution in [3.63, 3.8) is 0 Å². The van der Waals surface area contributed by atoms with Crippen molar-refractivity contribution in [1.82, 2.24) is 29.5 Å². The molecule has 0 saturated heterocycles. The van der Waals surface area contributed by atoms with E-state index in [2.05, 4.69) is 32.9 Å². The Morgan fingerprint density at radius 3 is 2.92 bits per heavy atom. The molecule has 8 nitrogen and oxygen atoms in total. The monoisotopic (exact) mass is 360 g/mol. The summed E-state index contributed by atoms with van der Waals surface area (Å²) in [6.45, 7) is 7.91. The number of carbonyl (C=O) groups excluding carboxylic acids is 1. The quantitative estimate of drug-likeness (QED) is 0.740. The number of aromatic nitrogens is 4. The SMILES string of the molecule is COCCNC(=O)Cc1cn2c(n1)C(C)N(Cc1cc(C)nn1C)CC2. The molecule has 26 heavy (non-hydrogen) atoms. The molecule has 1 aliphatic heterocycles. The molecule has 1 aliphatic rings. The van der Waals surface area contributed by atoms with Gasteiger partial charge < -0.3 is 14.6 Å². The Morgan fingerprint density at radius 1 is 1.42 bits per heavy atom. The largest absolute Gasteiger partial charge is 0.383 e. The minimum absolute atomic E-state index is 0.0210. The lowest BCUT2D eigenvalue weighted by Gasteiger charge is -2.33. The molecule has 1 amide bonds. The number of methoxy groups -OCH3 is 1. The zero-order chi connectivity index (χ0) is 18.7. The fourth-order valence-corrected chi connectivity index (χ4v) is 3.43. The topological polar surface area (TPSA) is 77.2 Å². The van der Waals surface area contributed by atoms with Crippen LogP contribution in [-0.2, 0) is 36.1 Å². The smallest absolute Gasteiger partial charge is 0.226 e. The van der Waals surface area contributed by atoms with Crippen LogP contribution < -0.4 is 5.32 Å². The molecule has 142 valence electrons. The van der Waals surface area contributed by atoms with E-state index < -0.39 is 0 Å². The minimum atomic E-state index is -0.0210. The summed E-state index contributed by atoms with van der Waals surface area (Å²) in [7, 11) is 3.60. The number of hydrogen-bond acceptors (Lipinski definition) is 5. The lowest BCUT2D eigenvalue weighted by Crippen LogP contribution is -2.36. The van der Waals surface area contributed by atoms with Crippen LogP contribution in [0.5, 0.6) is 0 Å². The molecule has 0 saturated carbocycles. The van der Waals surface area contributed by atoms with Crippen LogP contribution in [0.2, 0.25) is 0 Å². The minimum Gasteiger partial charge on any atom is -0.383 e. The average molecular weight is 360 g/mol. The fraction of sp³-hybridized carbons (Fsp3) is 0.611. The van der Waals surface area contributed by atoms with Crippen LogP contribution in [0.1, 0.15) is 35.9 Å². The third kappa shape index (κ3) is 4.13. The fourth-order valence-electron chi connectivity index (χ4n) is 3.43. The molecular formula is C18H28N6O2. The van der Waals surface area contributed by atoms with E-state index in [0.717, 1.165) is 36.8 Å². The first-order valence-corrected chi connectivity index (χ1v) is 9.03. The second-order valence-corrected chi connectivity index (χ2v) is 6.85. The first-order chi connectivity index (χ1) is 12.5. The van der Waals surface area contributed by atoms with Gasteiger partial charge in [-0.15, -0.1) is 0 Å².